The number of hydrogen-bond acceptors (Lipinski definition) is 5. The lowest BCUT2D eigenvalue weighted by Gasteiger charge is -2.31. The Morgan fingerprint density at radius 3 is 2.67 bits per heavy atom. The molecule has 0 bridgehead atoms. The second kappa shape index (κ2) is 7.61. The van der Waals surface area contributed by atoms with E-state index in [4.69, 9.17) is 4.74 Å². The standard InChI is InChI=1S/C19H23N5O3/c1-19(2,3)27-18(26)24-9-6-13-10-15(5-4-14(13)12-24)22-17(25)23-16-11-20-7-8-21-16/h4-5,7-8,10-11H,6,9,12H2,1-3H3,(H2,21,22,23,25). The van der Waals surface area contributed by atoms with Crippen LogP contribution in [0.2, 0.25) is 0 Å². The van der Waals surface area contributed by atoms with Crippen LogP contribution < -0.4 is 10.6 Å². The van der Waals surface area contributed by atoms with Gasteiger partial charge in [-0.2, -0.15) is 0 Å². The Labute approximate surface area is 158 Å². The van der Waals surface area contributed by atoms with Gasteiger partial charge in [-0.1, -0.05) is 6.07 Å². The van der Waals surface area contributed by atoms with Gasteiger partial charge >= 0.3 is 12.1 Å². The van der Waals surface area contributed by atoms with Crippen LogP contribution in [0.3, 0.4) is 0 Å². The Balaban J connectivity index is 1.61. The summed E-state index contributed by atoms with van der Waals surface area (Å²) in [5.74, 6) is 0.376. The average molecular weight is 369 g/mol. The fourth-order valence-corrected chi connectivity index (χ4v) is 2.76. The summed E-state index contributed by atoms with van der Waals surface area (Å²) in [4.78, 5) is 33.9. The first kappa shape index (κ1) is 18.6. The lowest BCUT2D eigenvalue weighted by atomic mass is 9.99. The molecule has 0 atom stereocenters. The molecule has 1 aliphatic rings. The molecule has 2 N–H and O–H groups in total. The molecule has 8 heteroatoms. The summed E-state index contributed by atoms with van der Waals surface area (Å²) < 4.78 is 5.44. The first-order valence-electron chi connectivity index (χ1n) is 8.74. The number of fused-ring (bicyclic) bond motifs is 1. The number of carbonyl (C=O) groups excluding carboxylic acids is 2. The van der Waals surface area contributed by atoms with Gasteiger partial charge in [0.2, 0.25) is 0 Å². The third-order valence-electron chi connectivity index (χ3n) is 3.93. The van der Waals surface area contributed by atoms with Crippen LogP contribution in [-0.4, -0.2) is 39.1 Å². The van der Waals surface area contributed by atoms with Crippen LogP contribution in [0.25, 0.3) is 0 Å². The number of hydrogen-bond donors (Lipinski definition) is 2. The fourth-order valence-electron chi connectivity index (χ4n) is 2.76. The predicted molar refractivity (Wildman–Crippen MR) is 101 cm³/mol. The van der Waals surface area contributed by atoms with Crippen molar-refractivity contribution in [2.45, 2.75) is 39.3 Å². The van der Waals surface area contributed by atoms with Crippen molar-refractivity contribution in [1.82, 2.24) is 14.9 Å². The van der Waals surface area contributed by atoms with Crippen molar-refractivity contribution < 1.29 is 14.3 Å². The average Bonchev–Trinajstić information content (AvgIpc) is 2.60. The lowest BCUT2D eigenvalue weighted by molar-refractivity contribution is 0.0224. The molecule has 27 heavy (non-hydrogen) atoms. The van der Waals surface area contributed by atoms with Crippen LogP contribution >= 0.6 is 0 Å². The molecule has 8 nitrogen and oxygen atoms in total. The molecule has 0 saturated carbocycles. The molecule has 1 aromatic heterocycles. The van der Waals surface area contributed by atoms with Gasteiger partial charge in [-0.05, 0) is 50.5 Å². The third-order valence-corrected chi connectivity index (χ3v) is 3.93. The number of carbonyl (C=O) groups is 2. The quantitative estimate of drug-likeness (QED) is 0.845. The maximum absolute atomic E-state index is 12.2. The molecule has 2 aromatic rings. The zero-order valence-corrected chi connectivity index (χ0v) is 15.7. The van der Waals surface area contributed by atoms with Crippen molar-refractivity contribution in [2.75, 3.05) is 17.2 Å². The molecular formula is C19H23N5O3. The Hall–Kier alpha value is -3.16. The molecular weight excluding hydrogens is 346 g/mol. The molecule has 3 rings (SSSR count). The van der Waals surface area contributed by atoms with Crippen molar-refractivity contribution >= 4 is 23.6 Å². The number of ether oxygens (including phenoxy) is 1. The van der Waals surface area contributed by atoms with Gasteiger partial charge in [0.1, 0.15) is 5.60 Å². The van der Waals surface area contributed by atoms with E-state index in [1.165, 1.54) is 18.6 Å². The molecule has 142 valence electrons. The normalized spacial score (nSPS) is 13.5. The molecule has 3 amide bonds. The molecule has 0 aliphatic carbocycles. The van der Waals surface area contributed by atoms with E-state index in [0.717, 1.165) is 11.1 Å². The number of rotatable bonds is 2. The van der Waals surface area contributed by atoms with Crippen LogP contribution in [0.4, 0.5) is 21.1 Å². The minimum Gasteiger partial charge on any atom is -0.444 e. The Morgan fingerprint density at radius 1 is 1.15 bits per heavy atom. The van der Waals surface area contributed by atoms with E-state index >= 15 is 0 Å². The minimum absolute atomic E-state index is 0.307. The molecule has 1 aliphatic heterocycles. The highest BCUT2D eigenvalue weighted by Crippen LogP contribution is 2.24. The number of urea groups is 1. The van der Waals surface area contributed by atoms with Gasteiger partial charge in [-0.3, -0.25) is 10.3 Å². The topological polar surface area (TPSA) is 96.5 Å². The zero-order chi connectivity index (χ0) is 19.4. The highest BCUT2D eigenvalue weighted by molar-refractivity contribution is 5.99. The van der Waals surface area contributed by atoms with Crippen molar-refractivity contribution in [3.63, 3.8) is 0 Å². The summed E-state index contributed by atoms with van der Waals surface area (Å²) in [7, 11) is 0. The monoisotopic (exact) mass is 369 g/mol. The summed E-state index contributed by atoms with van der Waals surface area (Å²) in [5.41, 5.74) is 2.32. The first-order valence-corrected chi connectivity index (χ1v) is 8.74. The molecule has 1 aromatic carbocycles. The van der Waals surface area contributed by atoms with Gasteiger partial charge in [0, 0.05) is 31.2 Å². The molecule has 2 heterocycles. The van der Waals surface area contributed by atoms with E-state index in [1.54, 1.807) is 4.90 Å². The second-order valence-corrected chi connectivity index (χ2v) is 7.31. The Morgan fingerprint density at radius 2 is 1.96 bits per heavy atom. The van der Waals surface area contributed by atoms with Gasteiger partial charge in [-0.25, -0.2) is 14.6 Å². The van der Waals surface area contributed by atoms with Crippen molar-refractivity contribution in [2.24, 2.45) is 0 Å². The van der Waals surface area contributed by atoms with Crippen LogP contribution in [0, 0.1) is 0 Å². The van der Waals surface area contributed by atoms with Gasteiger partial charge in [0.25, 0.3) is 0 Å². The minimum atomic E-state index is -0.512. The fraction of sp³-hybridized carbons (Fsp3) is 0.368. The highest BCUT2D eigenvalue weighted by atomic mass is 16.6. The number of anilines is 2. The molecule has 0 radical (unpaired) electrons. The maximum Gasteiger partial charge on any atom is 0.410 e. The summed E-state index contributed by atoms with van der Waals surface area (Å²) >= 11 is 0. The number of aromatic nitrogens is 2. The smallest absolute Gasteiger partial charge is 0.410 e. The van der Waals surface area contributed by atoms with E-state index in [9.17, 15) is 9.59 Å². The summed E-state index contributed by atoms with van der Waals surface area (Å²) in [6.45, 7) is 6.64. The number of amides is 3. The van der Waals surface area contributed by atoms with Crippen molar-refractivity contribution in [1.29, 1.82) is 0 Å². The van der Waals surface area contributed by atoms with Crippen LogP contribution in [0.15, 0.2) is 36.8 Å². The number of nitrogens with zero attached hydrogens (tertiary/aromatic N) is 3. The SMILES string of the molecule is CC(C)(C)OC(=O)N1CCc2cc(NC(=O)Nc3cnccn3)ccc2C1. The van der Waals surface area contributed by atoms with E-state index in [2.05, 4.69) is 20.6 Å². The van der Waals surface area contributed by atoms with Crippen LogP contribution in [0.5, 0.6) is 0 Å². The molecule has 0 spiro atoms. The third kappa shape index (κ3) is 5.16. The predicted octanol–water partition coefficient (Wildman–Crippen LogP) is 3.41. The van der Waals surface area contributed by atoms with E-state index in [0.29, 0.717) is 31.0 Å². The van der Waals surface area contributed by atoms with Gasteiger partial charge in [0.05, 0.1) is 6.20 Å². The Kier molecular flexibility index (Phi) is 5.25. The van der Waals surface area contributed by atoms with Crippen molar-refractivity contribution in [3.8, 4) is 0 Å². The van der Waals surface area contributed by atoms with Crippen LogP contribution in [-0.2, 0) is 17.7 Å². The molecule has 0 saturated heterocycles. The van der Waals surface area contributed by atoms with Gasteiger partial charge in [-0.15, -0.1) is 0 Å². The maximum atomic E-state index is 12.2. The summed E-state index contributed by atoms with van der Waals surface area (Å²) in [6.07, 6.45) is 4.91. The number of nitrogens with one attached hydrogen (secondary N) is 2. The molecule has 0 fully saturated rings. The summed E-state index contributed by atoms with van der Waals surface area (Å²) in [6, 6.07) is 5.27. The van der Waals surface area contributed by atoms with Gasteiger partial charge < -0.3 is 15.0 Å². The van der Waals surface area contributed by atoms with Crippen molar-refractivity contribution in [3.05, 3.63) is 47.9 Å². The Bertz CT molecular complexity index is 833. The van der Waals surface area contributed by atoms with E-state index in [-0.39, 0.29) is 12.1 Å². The van der Waals surface area contributed by atoms with E-state index in [1.807, 2.05) is 39.0 Å². The highest BCUT2D eigenvalue weighted by Gasteiger charge is 2.25. The zero-order valence-electron chi connectivity index (χ0n) is 15.7. The van der Waals surface area contributed by atoms with E-state index < -0.39 is 5.60 Å². The van der Waals surface area contributed by atoms with Gasteiger partial charge in [0.15, 0.2) is 5.82 Å². The number of benzene rings is 1. The first-order chi connectivity index (χ1) is 12.8. The largest absolute Gasteiger partial charge is 0.444 e. The second-order valence-electron chi connectivity index (χ2n) is 7.31. The summed E-state index contributed by atoms with van der Waals surface area (Å²) in [5, 5.41) is 5.40. The lowest BCUT2D eigenvalue weighted by Crippen LogP contribution is -2.39. The molecule has 0 unspecified atom stereocenters. The van der Waals surface area contributed by atoms with Crippen LogP contribution in [0.1, 0.15) is 31.9 Å².